The molecule has 112 valence electrons. The van der Waals surface area contributed by atoms with Crippen LogP contribution in [-0.4, -0.2) is 61.0 Å². The number of rotatable bonds is 8. The molecule has 19 heavy (non-hydrogen) atoms. The van der Waals surface area contributed by atoms with Crippen molar-refractivity contribution in [1.82, 2.24) is 10.2 Å². The summed E-state index contributed by atoms with van der Waals surface area (Å²) in [6, 6.07) is 1.28. The van der Waals surface area contributed by atoms with Crippen molar-refractivity contribution in [3.63, 3.8) is 0 Å². The number of piperidine rings is 1. The zero-order valence-electron chi connectivity index (χ0n) is 12.3. The van der Waals surface area contributed by atoms with Crippen LogP contribution in [0.4, 0.5) is 0 Å². The van der Waals surface area contributed by atoms with Gasteiger partial charge in [0.15, 0.2) is 0 Å². The molecule has 0 aromatic carbocycles. The van der Waals surface area contributed by atoms with Gasteiger partial charge in [0.1, 0.15) is 0 Å². The molecule has 2 heterocycles. The first kappa shape index (κ1) is 15.2. The standard InChI is InChI=1S/C15H30N2O2/c1-2-3-10-19-12-13(18)11-16-14-7-9-17-8-5-4-6-15(14)17/h13-16,18H,2-12H2,1H3. The minimum Gasteiger partial charge on any atom is -0.389 e. The molecule has 2 N–H and O–H groups in total. The molecule has 0 radical (unpaired) electrons. The van der Waals surface area contributed by atoms with Crippen LogP contribution < -0.4 is 5.32 Å². The van der Waals surface area contributed by atoms with Crippen molar-refractivity contribution in [3.8, 4) is 0 Å². The molecular formula is C15H30N2O2. The molecule has 0 aromatic rings. The molecule has 3 atom stereocenters. The molecule has 2 aliphatic rings. The van der Waals surface area contributed by atoms with Crippen molar-refractivity contribution in [2.45, 2.75) is 63.6 Å². The summed E-state index contributed by atoms with van der Waals surface area (Å²) in [5.41, 5.74) is 0. The number of nitrogens with one attached hydrogen (secondary N) is 1. The summed E-state index contributed by atoms with van der Waals surface area (Å²) < 4.78 is 5.46. The van der Waals surface area contributed by atoms with E-state index in [1.165, 1.54) is 38.8 Å². The molecule has 0 saturated carbocycles. The first-order chi connectivity index (χ1) is 9.31. The van der Waals surface area contributed by atoms with E-state index in [2.05, 4.69) is 17.1 Å². The van der Waals surface area contributed by atoms with Gasteiger partial charge in [0, 0.05) is 31.8 Å². The Bertz CT molecular complexity index is 250. The lowest BCUT2D eigenvalue weighted by atomic mass is 9.99. The van der Waals surface area contributed by atoms with Crippen molar-refractivity contribution in [2.75, 3.05) is 32.8 Å². The number of fused-ring (bicyclic) bond motifs is 1. The van der Waals surface area contributed by atoms with E-state index >= 15 is 0 Å². The van der Waals surface area contributed by atoms with Crippen molar-refractivity contribution in [3.05, 3.63) is 0 Å². The van der Waals surface area contributed by atoms with E-state index in [4.69, 9.17) is 4.74 Å². The van der Waals surface area contributed by atoms with Crippen LogP contribution in [0.25, 0.3) is 0 Å². The zero-order chi connectivity index (χ0) is 13.5. The number of ether oxygens (including phenoxy) is 1. The average molecular weight is 270 g/mol. The van der Waals surface area contributed by atoms with Crippen LogP contribution in [0.15, 0.2) is 0 Å². The fourth-order valence-electron chi connectivity index (χ4n) is 3.30. The first-order valence-corrected chi connectivity index (χ1v) is 8.04. The van der Waals surface area contributed by atoms with Crippen LogP contribution >= 0.6 is 0 Å². The van der Waals surface area contributed by atoms with Gasteiger partial charge in [-0.05, 0) is 32.2 Å². The lowest BCUT2D eigenvalue weighted by Gasteiger charge is -2.33. The molecule has 0 aromatic heterocycles. The Morgan fingerprint density at radius 2 is 2.21 bits per heavy atom. The molecule has 0 aliphatic carbocycles. The quantitative estimate of drug-likeness (QED) is 0.654. The van der Waals surface area contributed by atoms with Crippen LogP contribution in [0, 0.1) is 0 Å². The molecule has 0 amide bonds. The summed E-state index contributed by atoms with van der Waals surface area (Å²) in [5.74, 6) is 0. The summed E-state index contributed by atoms with van der Waals surface area (Å²) >= 11 is 0. The highest BCUT2D eigenvalue weighted by Crippen LogP contribution is 2.26. The Balaban J connectivity index is 1.59. The van der Waals surface area contributed by atoms with Crippen LogP contribution in [0.3, 0.4) is 0 Å². The van der Waals surface area contributed by atoms with E-state index in [1.807, 2.05) is 0 Å². The minimum absolute atomic E-state index is 0.366. The second-order valence-electron chi connectivity index (χ2n) is 5.98. The first-order valence-electron chi connectivity index (χ1n) is 8.04. The summed E-state index contributed by atoms with van der Waals surface area (Å²) in [6.07, 6.45) is 7.14. The van der Waals surface area contributed by atoms with Gasteiger partial charge in [-0.3, -0.25) is 4.90 Å². The molecule has 3 unspecified atom stereocenters. The van der Waals surface area contributed by atoms with Gasteiger partial charge in [-0.1, -0.05) is 19.8 Å². The van der Waals surface area contributed by atoms with Crippen molar-refractivity contribution in [2.24, 2.45) is 0 Å². The monoisotopic (exact) mass is 270 g/mol. The zero-order valence-corrected chi connectivity index (χ0v) is 12.3. The van der Waals surface area contributed by atoms with E-state index in [-0.39, 0.29) is 6.10 Å². The van der Waals surface area contributed by atoms with Crippen LogP contribution in [0.2, 0.25) is 0 Å². The number of aliphatic hydroxyl groups excluding tert-OH is 1. The van der Waals surface area contributed by atoms with Gasteiger partial charge in [-0.25, -0.2) is 0 Å². The largest absolute Gasteiger partial charge is 0.389 e. The summed E-state index contributed by atoms with van der Waals surface area (Å²) in [6.45, 7) is 6.55. The van der Waals surface area contributed by atoms with Gasteiger partial charge in [-0.2, -0.15) is 0 Å². The summed E-state index contributed by atoms with van der Waals surface area (Å²) in [4.78, 5) is 2.62. The Kier molecular flexibility index (Phi) is 6.57. The maximum Gasteiger partial charge on any atom is 0.0897 e. The molecule has 0 bridgehead atoms. The van der Waals surface area contributed by atoms with Gasteiger partial charge < -0.3 is 15.2 Å². The van der Waals surface area contributed by atoms with Gasteiger partial charge >= 0.3 is 0 Å². The number of unbranched alkanes of at least 4 members (excludes halogenated alkanes) is 1. The molecule has 4 heteroatoms. The molecule has 2 aliphatic heterocycles. The van der Waals surface area contributed by atoms with Crippen molar-refractivity contribution < 1.29 is 9.84 Å². The number of nitrogens with zero attached hydrogens (tertiary/aromatic N) is 1. The number of hydrogen-bond acceptors (Lipinski definition) is 4. The van der Waals surface area contributed by atoms with E-state index in [1.54, 1.807) is 0 Å². The fourth-order valence-corrected chi connectivity index (χ4v) is 3.30. The molecular weight excluding hydrogens is 240 g/mol. The third-order valence-electron chi connectivity index (χ3n) is 4.42. The van der Waals surface area contributed by atoms with E-state index in [0.717, 1.165) is 19.4 Å². The van der Waals surface area contributed by atoms with Gasteiger partial charge in [0.25, 0.3) is 0 Å². The molecule has 4 nitrogen and oxygen atoms in total. The Morgan fingerprint density at radius 3 is 3.05 bits per heavy atom. The number of aliphatic hydroxyl groups is 1. The van der Waals surface area contributed by atoms with Crippen LogP contribution in [0.1, 0.15) is 45.4 Å². The van der Waals surface area contributed by atoms with Crippen LogP contribution in [0.5, 0.6) is 0 Å². The van der Waals surface area contributed by atoms with Crippen LogP contribution in [-0.2, 0) is 4.74 Å². The maximum atomic E-state index is 9.90. The maximum absolute atomic E-state index is 9.90. The SMILES string of the molecule is CCCCOCC(O)CNC1CCN2CCCCC12. The van der Waals surface area contributed by atoms with Gasteiger partial charge in [0.2, 0.25) is 0 Å². The normalized spacial score (nSPS) is 29.4. The molecule has 2 saturated heterocycles. The van der Waals surface area contributed by atoms with Crippen molar-refractivity contribution >= 4 is 0 Å². The smallest absolute Gasteiger partial charge is 0.0897 e. The highest BCUT2D eigenvalue weighted by atomic mass is 16.5. The number of hydrogen-bond donors (Lipinski definition) is 2. The van der Waals surface area contributed by atoms with E-state index in [0.29, 0.717) is 25.2 Å². The lowest BCUT2D eigenvalue weighted by molar-refractivity contribution is 0.0335. The third kappa shape index (κ3) is 4.71. The highest BCUT2D eigenvalue weighted by molar-refractivity contribution is 4.94. The Hall–Kier alpha value is -0.160. The third-order valence-corrected chi connectivity index (χ3v) is 4.42. The van der Waals surface area contributed by atoms with E-state index < -0.39 is 0 Å². The minimum atomic E-state index is -0.366. The second-order valence-corrected chi connectivity index (χ2v) is 5.98. The molecule has 2 rings (SSSR count). The fraction of sp³-hybridized carbons (Fsp3) is 1.00. The van der Waals surface area contributed by atoms with Gasteiger partial charge in [0.05, 0.1) is 12.7 Å². The Labute approximate surface area is 117 Å². The second kappa shape index (κ2) is 8.20. The van der Waals surface area contributed by atoms with E-state index in [9.17, 15) is 5.11 Å². The molecule has 2 fully saturated rings. The summed E-state index contributed by atoms with van der Waals surface area (Å²) in [7, 11) is 0. The highest BCUT2D eigenvalue weighted by Gasteiger charge is 2.35. The Morgan fingerprint density at radius 1 is 1.32 bits per heavy atom. The lowest BCUT2D eigenvalue weighted by Crippen LogP contribution is -2.47. The predicted molar refractivity (Wildman–Crippen MR) is 77.4 cm³/mol. The predicted octanol–water partition coefficient (Wildman–Crippen LogP) is 1.38. The van der Waals surface area contributed by atoms with Crippen molar-refractivity contribution in [1.29, 1.82) is 0 Å². The summed E-state index contributed by atoms with van der Waals surface area (Å²) in [5, 5.41) is 13.5. The average Bonchev–Trinajstić information content (AvgIpc) is 2.85. The topological polar surface area (TPSA) is 44.7 Å². The molecule has 0 spiro atoms. The van der Waals surface area contributed by atoms with Gasteiger partial charge in [-0.15, -0.1) is 0 Å².